The molecule has 0 radical (unpaired) electrons. The van der Waals surface area contributed by atoms with Crippen molar-refractivity contribution in [1.29, 1.82) is 0 Å². The van der Waals surface area contributed by atoms with Crippen molar-refractivity contribution in [3.8, 4) is 0 Å². The maximum atomic E-state index is 12.1. The smallest absolute Gasteiger partial charge is 0.242 e. The first-order valence-corrected chi connectivity index (χ1v) is 6.78. The Kier molecular flexibility index (Phi) is 5.54. The quantitative estimate of drug-likeness (QED) is 0.830. The molecule has 0 atom stereocenters. The third-order valence-corrected chi connectivity index (χ3v) is 3.65. The van der Waals surface area contributed by atoms with Crippen molar-refractivity contribution in [1.82, 2.24) is 15.1 Å². The van der Waals surface area contributed by atoms with Crippen LogP contribution in [0.4, 0.5) is 5.82 Å². The van der Waals surface area contributed by atoms with Crippen molar-refractivity contribution in [2.24, 2.45) is 0 Å². The van der Waals surface area contributed by atoms with Gasteiger partial charge in [-0.15, -0.1) is 10.2 Å². The lowest BCUT2D eigenvalue weighted by molar-refractivity contribution is -0.129. The van der Waals surface area contributed by atoms with Gasteiger partial charge in [-0.1, -0.05) is 11.6 Å². The Bertz CT molecular complexity index is 460. The molecule has 0 spiro atoms. The summed E-state index contributed by atoms with van der Waals surface area (Å²) >= 11 is 5.92. The van der Waals surface area contributed by atoms with Gasteiger partial charge in [-0.3, -0.25) is 4.79 Å². The van der Waals surface area contributed by atoms with Crippen LogP contribution < -0.4 is 4.90 Å². The molecule has 1 aromatic heterocycles. The molecule has 6 heteroatoms. The summed E-state index contributed by atoms with van der Waals surface area (Å²) in [7, 11) is 1.84. The van der Waals surface area contributed by atoms with Crippen LogP contribution in [0, 0.1) is 13.8 Å². The standard InChI is InChI=1S/C13H21ClN4O/c1-6-18(7-2)11(19)8-17(5)13-10(4)9(3)12(14)15-16-13/h6-8H2,1-5H3. The summed E-state index contributed by atoms with van der Waals surface area (Å²) in [5.41, 5.74) is 1.85. The Labute approximate surface area is 119 Å². The van der Waals surface area contributed by atoms with E-state index >= 15 is 0 Å². The van der Waals surface area contributed by atoms with Gasteiger partial charge >= 0.3 is 0 Å². The van der Waals surface area contributed by atoms with E-state index in [4.69, 9.17) is 11.6 Å². The number of likely N-dealkylation sites (N-methyl/N-ethyl adjacent to an activating group) is 2. The Morgan fingerprint density at radius 1 is 1.16 bits per heavy atom. The molecule has 0 aliphatic heterocycles. The van der Waals surface area contributed by atoms with Gasteiger partial charge in [0.25, 0.3) is 0 Å². The summed E-state index contributed by atoms with van der Waals surface area (Å²) in [6.45, 7) is 9.50. The van der Waals surface area contributed by atoms with E-state index in [2.05, 4.69) is 10.2 Å². The van der Waals surface area contributed by atoms with Gasteiger partial charge in [0, 0.05) is 20.1 Å². The van der Waals surface area contributed by atoms with Crippen molar-refractivity contribution in [2.45, 2.75) is 27.7 Å². The predicted octanol–water partition coefficient (Wildman–Crippen LogP) is 2.05. The minimum atomic E-state index is 0.0845. The highest BCUT2D eigenvalue weighted by atomic mass is 35.5. The third-order valence-electron chi connectivity index (χ3n) is 3.29. The van der Waals surface area contributed by atoms with Crippen molar-refractivity contribution in [2.75, 3.05) is 31.6 Å². The topological polar surface area (TPSA) is 49.3 Å². The van der Waals surface area contributed by atoms with Crippen LogP contribution in [0.15, 0.2) is 0 Å². The molecule has 106 valence electrons. The number of carbonyl (C=O) groups excluding carboxylic acids is 1. The lowest BCUT2D eigenvalue weighted by Gasteiger charge is -2.24. The zero-order valence-electron chi connectivity index (χ0n) is 12.2. The second kappa shape index (κ2) is 6.70. The van der Waals surface area contributed by atoms with Gasteiger partial charge in [-0.2, -0.15) is 0 Å². The molecule has 1 rings (SSSR count). The fourth-order valence-corrected chi connectivity index (χ4v) is 2.06. The zero-order valence-corrected chi connectivity index (χ0v) is 13.0. The zero-order chi connectivity index (χ0) is 14.6. The van der Waals surface area contributed by atoms with Gasteiger partial charge in [0.15, 0.2) is 11.0 Å². The minimum absolute atomic E-state index is 0.0845. The Hall–Kier alpha value is -1.36. The van der Waals surface area contributed by atoms with Gasteiger partial charge in [-0.05, 0) is 38.8 Å². The van der Waals surface area contributed by atoms with E-state index in [1.807, 2.05) is 39.6 Å². The SMILES string of the molecule is CCN(CC)C(=O)CN(C)c1nnc(Cl)c(C)c1C. The second-order valence-electron chi connectivity index (χ2n) is 4.49. The summed E-state index contributed by atoms with van der Waals surface area (Å²) in [4.78, 5) is 15.7. The van der Waals surface area contributed by atoms with Crippen LogP contribution in [0.2, 0.25) is 5.15 Å². The Balaban J connectivity index is 2.87. The molecule has 0 saturated carbocycles. The lowest BCUT2D eigenvalue weighted by atomic mass is 10.2. The summed E-state index contributed by atoms with van der Waals surface area (Å²) < 4.78 is 0. The third kappa shape index (κ3) is 3.56. The second-order valence-corrected chi connectivity index (χ2v) is 4.84. The molecule has 1 aromatic rings. The van der Waals surface area contributed by atoms with E-state index in [0.29, 0.717) is 24.1 Å². The summed E-state index contributed by atoms with van der Waals surface area (Å²) in [5.74, 6) is 0.781. The highest BCUT2D eigenvalue weighted by molar-refractivity contribution is 6.30. The van der Waals surface area contributed by atoms with Gasteiger partial charge in [0.05, 0.1) is 6.54 Å². The van der Waals surface area contributed by atoms with Crippen molar-refractivity contribution in [3.05, 3.63) is 16.3 Å². The number of nitrogens with zero attached hydrogens (tertiary/aromatic N) is 4. The molecule has 0 aliphatic carbocycles. The number of aromatic nitrogens is 2. The first-order chi connectivity index (χ1) is 8.92. The van der Waals surface area contributed by atoms with E-state index in [1.54, 1.807) is 4.90 Å². The molecule has 0 fully saturated rings. The number of halogens is 1. The van der Waals surface area contributed by atoms with Gasteiger partial charge in [0.1, 0.15) is 0 Å². The number of hydrogen-bond acceptors (Lipinski definition) is 4. The monoisotopic (exact) mass is 284 g/mol. The van der Waals surface area contributed by atoms with Crippen LogP contribution in [0.1, 0.15) is 25.0 Å². The maximum Gasteiger partial charge on any atom is 0.242 e. The van der Waals surface area contributed by atoms with E-state index in [9.17, 15) is 4.79 Å². The maximum absolute atomic E-state index is 12.1. The van der Waals surface area contributed by atoms with Crippen LogP contribution in [0.25, 0.3) is 0 Å². The van der Waals surface area contributed by atoms with Crippen LogP contribution in [-0.4, -0.2) is 47.7 Å². The molecule has 0 saturated heterocycles. The molecular weight excluding hydrogens is 264 g/mol. The van der Waals surface area contributed by atoms with Crippen LogP contribution in [-0.2, 0) is 4.79 Å². The number of hydrogen-bond donors (Lipinski definition) is 0. The van der Waals surface area contributed by atoms with Gasteiger partial charge in [-0.25, -0.2) is 0 Å². The van der Waals surface area contributed by atoms with Gasteiger partial charge < -0.3 is 9.80 Å². The molecule has 1 amide bonds. The molecule has 0 aromatic carbocycles. The van der Waals surface area contributed by atoms with Crippen LogP contribution >= 0.6 is 11.6 Å². The molecule has 0 aliphatic rings. The molecule has 19 heavy (non-hydrogen) atoms. The van der Waals surface area contributed by atoms with Crippen molar-refractivity contribution >= 4 is 23.3 Å². The van der Waals surface area contributed by atoms with Crippen molar-refractivity contribution in [3.63, 3.8) is 0 Å². The molecule has 0 unspecified atom stereocenters. The van der Waals surface area contributed by atoms with E-state index in [-0.39, 0.29) is 12.5 Å². The summed E-state index contributed by atoms with van der Waals surface area (Å²) in [5, 5.41) is 8.38. The first kappa shape index (κ1) is 15.7. The average Bonchev–Trinajstić information content (AvgIpc) is 2.37. The molecule has 1 heterocycles. The number of carbonyl (C=O) groups is 1. The number of amides is 1. The van der Waals surface area contributed by atoms with Gasteiger partial charge in [0.2, 0.25) is 5.91 Å². The average molecular weight is 285 g/mol. The Morgan fingerprint density at radius 2 is 1.74 bits per heavy atom. The number of anilines is 1. The van der Waals surface area contributed by atoms with E-state index in [1.165, 1.54) is 0 Å². The highest BCUT2D eigenvalue weighted by Crippen LogP contribution is 2.22. The summed E-state index contributed by atoms with van der Waals surface area (Å²) in [6, 6.07) is 0. The van der Waals surface area contributed by atoms with Crippen LogP contribution in [0.3, 0.4) is 0 Å². The molecule has 5 nitrogen and oxygen atoms in total. The van der Waals surface area contributed by atoms with E-state index < -0.39 is 0 Å². The summed E-state index contributed by atoms with van der Waals surface area (Å²) in [6.07, 6.45) is 0. The lowest BCUT2D eigenvalue weighted by Crippen LogP contribution is -2.39. The largest absolute Gasteiger partial charge is 0.349 e. The molecule has 0 N–H and O–H groups in total. The fourth-order valence-electron chi connectivity index (χ4n) is 1.88. The molecular formula is C13H21ClN4O. The van der Waals surface area contributed by atoms with E-state index in [0.717, 1.165) is 11.1 Å². The fraction of sp³-hybridized carbons (Fsp3) is 0.615. The predicted molar refractivity (Wildman–Crippen MR) is 77.7 cm³/mol. The minimum Gasteiger partial charge on any atom is -0.349 e. The number of rotatable bonds is 5. The highest BCUT2D eigenvalue weighted by Gasteiger charge is 2.17. The van der Waals surface area contributed by atoms with Crippen molar-refractivity contribution < 1.29 is 4.79 Å². The molecule has 0 bridgehead atoms. The first-order valence-electron chi connectivity index (χ1n) is 6.40. The normalized spacial score (nSPS) is 10.4. The van der Waals surface area contributed by atoms with Crippen LogP contribution in [0.5, 0.6) is 0 Å². The Morgan fingerprint density at radius 3 is 2.26 bits per heavy atom.